The minimum Gasteiger partial charge on any atom is -0.355 e. The Morgan fingerprint density at radius 1 is 0.452 bits per heavy atom. The fourth-order valence-electron chi connectivity index (χ4n) is 5.23. The van der Waals surface area contributed by atoms with Crippen LogP contribution in [0.2, 0.25) is 0 Å². The zero-order valence-electron chi connectivity index (χ0n) is 24.4. The van der Waals surface area contributed by atoms with Crippen LogP contribution in [0.5, 0.6) is 0 Å². The molecule has 2 nitrogen and oxygen atoms in total. The molecule has 0 saturated heterocycles. The van der Waals surface area contributed by atoms with Crippen molar-refractivity contribution in [2.45, 2.75) is 52.4 Å². The van der Waals surface area contributed by atoms with Crippen LogP contribution in [-0.4, -0.2) is 0 Å². The van der Waals surface area contributed by atoms with Gasteiger partial charge in [0.1, 0.15) is 0 Å². The van der Waals surface area contributed by atoms with Gasteiger partial charge in [-0.2, -0.15) is 0 Å². The third-order valence-electron chi connectivity index (χ3n) is 7.58. The van der Waals surface area contributed by atoms with Gasteiger partial charge in [0.2, 0.25) is 0 Å². The highest BCUT2D eigenvalue weighted by molar-refractivity contribution is 9.10. The third kappa shape index (κ3) is 7.73. The molecular weight excluding hydrogens is 644 g/mol. The molecule has 0 bridgehead atoms. The standard InChI is InChI=1S/C38H38Br2N2/c1-3-5-7-27-9-13-29(14-10-27)37-35(41-33-21-17-31(39)18-22-33)25-26-36(42-34-23-19-32(40)20-24-34)38(37)30-15-11-28(12-16-30)8-6-4-2/h9-26,41-42H,3-8H2,1-2H3. The van der Waals surface area contributed by atoms with Gasteiger partial charge in [-0.15, -0.1) is 0 Å². The number of hydrogen-bond acceptors (Lipinski definition) is 2. The Bertz CT molecular complexity index is 1450. The number of rotatable bonds is 12. The van der Waals surface area contributed by atoms with Crippen molar-refractivity contribution >= 4 is 54.6 Å². The molecular formula is C38H38Br2N2. The molecule has 5 aromatic carbocycles. The predicted octanol–water partition coefficient (Wildman–Crippen LogP) is 12.7. The van der Waals surface area contributed by atoms with E-state index in [0.717, 1.165) is 44.5 Å². The van der Waals surface area contributed by atoms with E-state index in [1.165, 1.54) is 59.1 Å². The largest absolute Gasteiger partial charge is 0.355 e. The van der Waals surface area contributed by atoms with E-state index in [0.29, 0.717) is 0 Å². The average molecular weight is 683 g/mol. The summed E-state index contributed by atoms with van der Waals surface area (Å²) in [5.41, 5.74) is 11.8. The van der Waals surface area contributed by atoms with E-state index in [1.54, 1.807) is 0 Å². The maximum atomic E-state index is 3.74. The minimum absolute atomic E-state index is 1.05. The van der Waals surface area contributed by atoms with E-state index in [2.05, 4.69) is 166 Å². The van der Waals surface area contributed by atoms with Crippen LogP contribution in [0.1, 0.15) is 50.7 Å². The van der Waals surface area contributed by atoms with Gasteiger partial charge < -0.3 is 10.6 Å². The molecule has 0 aliphatic rings. The molecule has 0 heterocycles. The van der Waals surface area contributed by atoms with Crippen molar-refractivity contribution in [1.82, 2.24) is 0 Å². The maximum absolute atomic E-state index is 3.74. The lowest BCUT2D eigenvalue weighted by molar-refractivity contribution is 0.795. The topological polar surface area (TPSA) is 24.1 Å². The molecule has 5 rings (SSSR count). The first kappa shape index (κ1) is 30.1. The molecule has 0 aliphatic heterocycles. The Kier molecular flexibility index (Phi) is 10.6. The number of benzene rings is 5. The lowest BCUT2D eigenvalue weighted by atomic mass is 9.89. The summed E-state index contributed by atoms with van der Waals surface area (Å²) in [5.74, 6) is 0. The number of halogens is 2. The van der Waals surface area contributed by atoms with Gasteiger partial charge in [0, 0.05) is 42.8 Å². The smallest absolute Gasteiger partial charge is 0.0471 e. The van der Waals surface area contributed by atoms with E-state index in [9.17, 15) is 0 Å². The van der Waals surface area contributed by atoms with Crippen LogP contribution < -0.4 is 10.6 Å². The van der Waals surface area contributed by atoms with Gasteiger partial charge in [0.05, 0.1) is 0 Å². The highest BCUT2D eigenvalue weighted by atomic mass is 79.9. The van der Waals surface area contributed by atoms with Crippen molar-refractivity contribution in [3.8, 4) is 22.3 Å². The van der Waals surface area contributed by atoms with Crippen LogP contribution in [0.3, 0.4) is 0 Å². The molecule has 0 aromatic heterocycles. The van der Waals surface area contributed by atoms with Gasteiger partial charge in [-0.1, -0.05) is 107 Å². The molecule has 0 aliphatic carbocycles. The predicted molar refractivity (Wildman–Crippen MR) is 189 cm³/mol. The molecule has 0 unspecified atom stereocenters. The Hall–Kier alpha value is -3.34. The van der Waals surface area contributed by atoms with E-state index in [1.807, 2.05) is 0 Å². The summed E-state index contributed by atoms with van der Waals surface area (Å²) >= 11 is 7.15. The van der Waals surface area contributed by atoms with E-state index in [-0.39, 0.29) is 0 Å². The second kappa shape index (κ2) is 14.7. The first-order valence-electron chi connectivity index (χ1n) is 14.9. The highest BCUT2D eigenvalue weighted by Crippen LogP contribution is 2.45. The Morgan fingerprint density at radius 2 is 0.810 bits per heavy atom. The first-order valence-corrected chi connectivity index (χ1v) is 16.5. The van der Waals surface area contributed by atoms with Crippen molar-refractivity contribution in [2.24, 2.45) is 0 Å². The number of aryl methyl sites for hydroxylation is 2. The fraction of sp³-hybridized carbons (Fsp3) is 0.211. The van der Waals surface area contributed by atoms with Crippen LogP contribution in [0.15, 0.2) is 118 Å². The molecule has 0 atom stereocenters. The molecule has 42 heavy (non-hydrogen) atoms. The lowest BCUT2D eigenvalue weighted by Gasteiger charge is -2.22. The summed E-state index contributed by atoms with van der Waals surface area (Å²) in [7, 11) is 0. The van der Waals surface area contributed by atoms with Crippen molar-refractivity contribution in [3.05, 3.63) is 129 Å². The summed E-state index contributed by atoms with van der Waals surface area (Å²) in [4.78, 5) is 0. The molecule has 4 heteroatoms. The van der Waals surface area contributed by atoms with Crippen molar-refractivity contribution in [1.29, 1.82) is 0 Å². The first-order chi connectivity index (χ1) is 20.5. The van der Waals surface area contributed by atoms with Crippen molar-refractivity contribution in [2.75, 3.05) is 10.6 Å². The second-order valence-electron chi connectivity index (χ2n) is 10.8. The summed E-state index contributed by atoms with van der Waals surface area (Å²) in [6.45, 7) is 4.50. The van der Waals surface area contributed by atoms with Crippen LogP contribution in [0, 0.1) is 0 Å². The molecule has 2 N–H and O–H groups in total. The molecule has 214 valence electrons. The van der Waals surface area contributed by atoms with E-state index in [4.69, 9.17) is 0 Å². The van der Waals surface area contributed by atoms with Gasteiger partial charge >= 0.3 is 0 Å². The minimum atomic E-state index is 1.05. The summed E-state index contributed by atoms with van der Waals surface area (Å²) in [6, 6.07) is 39.4. The Morgan fingerprint density at radius 3 is 1.14 bits per heavy atom. The van der Waals surface area contributed by atoms with Crippen molar-refractivity contribution < 1.29 is 0 Å². The Balaban J connectivity index is 1.68. The van der Waals surface area contributed by atoms with Gasteiger partial charge in [-0.3, -0.25) is 0 Å². The van der Waals surface area contributed by atoms with Crippen LogP contribution in [0.25, 0.3) is 22.3 Å². The van der Waals surface area contributed by atoms with Crippen LogP contribution in [0.4, 0.5) is 22.7 Å². The van der Waals surface area contributed by atoms with Crippen LogP contribution >= 0.6 is 31.9 Å². The molecule has 0 amide bonds. The zero-order chi connectivity index (χ0) is 29.3. The third-order valence-corrected chi connectivity index (χ3v) is 8.63. The van der Waals surface area contributed by atoms with E-state index < -0.39 is 0 Å². The maximum Gasteiger partial charge on any atom is 0.0471 e. The van der Waals surface area contributed by atoms with Gasteiger partial charge in [-0.05, 0) is 109 Å². The summed E-state index contributed by atoms with van der Waals surface area (Å²) in [6.07, 6.45) is 7.03. The highest BCUT2D eigenvalue weighted by Gasteiger charge is 2.18. The lowest BCUT2D eigenvalue weighted by Crippen LogP contribution is -2.01. The molecule has 0 radical (unpaired) electrons. The molecule has 0 spiro atoms. The molecule has 5 aromatic rings. The monoisotopic (exact) mass is 680 g/mol. The normalized spacial score (nSPS) is 11.0. The number of anilines is 4. The van der Waals surface area contributed by atoms with Crippen molar-refractivity contribution in [3.63, 3.8) is 0 Å². The molecule has 0 fully saturated rings. The second-order valence-corrected chi connectivity index (χ2v) is 12.6. The summed E-state index contributed by atoms with van der Waals surface area (Å²) in [5, 5.41) is 7.48. The SMILES string of the molecule is CCCCc1ccc(-c2c(Nc3ccc(Br)cc3)ccc(Nc3ccc(Br)cc3)c2-c2ccc(CCCC)cc2)cc1. The number of unbranched alkanes of at least 4 members (excludes halogenated alkanes) is 2. The number of hydrogen-bond donors (Lipinski definition) is 2. The molecule has 0 saturated carbocycles. The zero-order valence-corrected chi connectivity index (χ0v) is 27.6. The van der Waals surface area contributed by atoms with Crippen LogP contribution in [-0.2, 0) is 12.8 Å². The quantitative estimate of drug-likeness (QED) is 0.137. The van der Waals surface area contributed by atoms with E-state index >= 15 is 0 Å². The number of nitrogens with one attached hydrogen (secondary N) is 2. The Labute approximate surface area is 267 Å². The fourth-order valence-corrected chi connectivity index (χ4v) is 5.75. The van der Waals surface area contributed by atoms with Gasteiger partial charge in [0.15, 0.2) is 0 Å². The summed E-state index contributed by atoms with van der Waals surface area (Å²) < 4.78 is 2.13. The van der Waals surface area contributed by atoms with Gasteiger partial charge in [0.25, 0.3) is 0 Å². The van der Waals surface area contributed by atoms with Gasteiger partial charge in [-0.25, -0.2) is 0 Å². The average Bonchev–Trinajstić information content (AvgIpc) is 3.02.